The van der Waals surface area contributed by atoms with Crippen molar-refractivity contribution in [2.75, 3.05) is 23.3 Å². The van der Waals surface area contributed by atoms with Crippen LogP contribution in [-0.4, -0.2) is 19.0 Å². The van der Waals surface area contributed by atoms with Crippen LogP contribution in [0.3, 0.4) is 0 Å². The van der Waals surface area contributed by atoms with Gasteiger partial charge in [-0.05, 0) is 61.7 Å². The fourth-order valence-electron chi connectivity index (χ4n) is 2.81. The number of anilines is 2. The number of hydrogen-bond acceptors (Lipinski definition) is 2. The highest BCUT2D eigenvalue weighted by Gasteiger charge is 2.16. The van der Waals surface area contributed by atoms with Crippen LogP contribution in [0.1, 0.15) is 29.6 Å². The lowest BCUT2D eigenvalue weighted by Gasteiger charge is -2.30. The summed E-state index contributed by atoms with van der Waals surface area (Å²) in [5, 5.41) is 4.19. The van der Waals surface area contributed by atoms with Crippen molar-refractivity contribution < 1.29 is 4.79 Å². The Morgan fingerprint density at radius 1 is 0.913 bits per heavy atom. The standard InChI is InChI=1S/C18H18Cl2N2O/c19-14-6-4-13(5-7-14)18(23)21-16-12-15(20)8-9-17(16)22-10-2-1-3-11-22/h4-9,12H,1-3,10-11H2,(H,21,23). The summed E-state index contributed by atoms with van der Waals surface area (Å²) in [5.41, 5.74) is 2.34. The number of halogens is 2. The van der Waals surface area contributed by atoms with Gasteiger partial charge in [0.25, 0.3) is 5.91 Å². The molecule has 0 aromatic heterocycles. The van der Waals surface area contributed by atoms with E-state index in [2.05, 4.69) is 10.2 Å². The number of nitrogens with one attached hydrogen (secondary N) is 1. The average Bonchev–Trinajstić information content (AvgIpc) is 2.56. The number of carbonyl (C=O) groups excluding carboxylic acids is 1. The predicted octanol–water partition coefficient (Wildman–Crippen LogP) is 5.24. The van der Waals surface area contributed by atoms with Gasteiger partial charge in [0.1, 0.15) is 0 Å². The van der Waals surface area contributed by atoms with E-state index in [1.807, 2.05) is 12.1 Å². The molecule has 0 spiro atoms. The topological polar surface area (TPSA) is 32.3 Å². The van der Waals surface area contributed by atoms with Gasteiger partial charge in [-0.25, -0.2) is 0 Å². The highest BCUT2D eigenvalue weighted by Crippen LogP contribution is 2.31. The molecule has 3 rings (SSSR count). The molecule has 1 saturated heterocycles. The first-order valence-corrected chi connectivity index (χ1v) is 8.50. The minimum absolute atomic E-state index is 0.165. The third-order valence-corrected chi connectivity index (χ3v) is 4.50. The Labute approximate surface area is 146 Å². The molecule has 0 bridgehead atoms. The van der Waals surface area contributed by atoms with Crippen LogP contribution in [0.4, 0.5) is 11.4 Å². The highest BCUT2D eigenvalue weighted by molar-refractivity contribution is 6.31. The maximum atomic E-state index is 12.5. The summed E-state index contributed by atoms with van der Waals surface area (Å²) in [5.74, 6) is -0.165. The normalized spacial score (nSPS) is 14.6. The molecule has 1 aliphatic rings. The molecular formula is C18H18Cl2N2O. The van der Waals surface area contributed by atoms with Gasteiger partial charge in [-0.2, -0.15) is 0 Å². The van der Waals surface area contributed by atoms with E-state index in [-0.39, 0.29) is 5.91 Å². The van der Waals surface area contributed by atoms with Crippen molar-refractivity contribution in [2.24, 2.45) is 0 Å². The number of benzene rings is 2. The van der Waals surface area contributed by atoms with Crippen LogP contribution >= 0.6 is 23.2 Å². The molecule has 1 amide bonds. The molecule has 2 aromatic carbocycles. The molecule has 1 N–H and O–H groups in total. The summed E-state index contributed by atoms with van der Waals surface area (Å²) >= 11 is 12.0. The molecule has 1 fully saturated rings. The van der Waals surface area contributed by atoms with Gasteiger partial charge in [0.2, 0.25) is 0 Å². The summed E-state index contributed by atoms with van der Waals surface area (Å²) < 4.78 is 0. The molecule has 5 heteroatoms. The first-order chi connectivity index (χ1) is 11.1. The summed E-state index contributed by atoms with van der Waals surface area (Å²) in [6.45, 7) is 2.01. The average molecular weight is 349 g/mol. The Balaban J connectivity index is 1.84. The summed E-state index contributed by atoms with van der Waals surface area (Å²) in [4.78, 5) is 14.8. The van der Waals surface area contributed by atoms with Crippen LogP contribution < -0.4 is 10.2 Å². The summed E-state index contributed by atoms with van der Waals surface area (Å²) in [7, 11) is 0. The van der Waals surface area contributed by atoms with Crippen molar-refractivity contribution in [3.63, 3.8) is 0 Å². The quantitative estimate of drug-likeness (QED) is 0.822. The van der Waals surface area contributed by atoms with Crippen LogP contribution in [0.5, 0.6) is 0 Å². The zero-order valence-electron chi connectivity index (χ0n) is 12.7. The first-order valence-electron chi connectivity index (χ1n) is 7.75. The van der Waals surface area contributed by atoms with Crippen LogP contribution in [-0.2, 0) is 0 Å². The Kier molecular flexibility index (Phi) is 5.09. The SMILES string of the molecule is O=C(Nc1cc(Cl)ccc1N1CCCCC1)c1ccc(Cl)cc1. The van der Waals surface area contributed by atoms with Gasteiger partial charge in [-0.15, -0.1) is 0 Å². The van der Waals surface area contributed by atoms with Gasteiger partial charge >= 0.3 is 0 Å². The van der Waals surface area contributed by atoms with Crippen molar-refractivity contribution in [1.29, 1.82) is 0 Å². The molecule has 2 aromatic rings. The Morgan fingerprint density at radius 2 is 1.57 bits per heavy atom. The van der Waals surface area contributed by atoms with Crippen molar-refractivity contribution in [3.05, 3.63) is 58.1 Å². The number of hydrogen-bond donors (Lipinski definition) is 1. The number of nitrogens with zero attached hydrogens (tertiary/aromatic N) is 1. The van der Waals surface area contributed by atoms with Gasteiger partial charge in [-0.3, -0.25) is 4.79 Å². The van der Waals surface area contributed by atoms with E-state index in [1.165, 1.54) is 19.3 Å². The fourth-order valence-corrected chi connectivity index (χ4v) is 3.11. The second-order valence-corrected chi connectivity index (χ2v) is 6.54. The molecule has 0 aliphatic carbocycles. The third kappa shape index (κ3) is 3.98. The molecule has 0 atom stereocenters. The first kappa shape index (κ1) is 16.2. The molecule has 0 radical (unpaired) electrons. The molecule has 23 heavy (non-hydrogen) atoms. The van der Waals surface area contributed by atoms with E-state index in [1.54, 1.807) is 30.3 Å². The molecule has 1 aliphatic heterocycles. The Morgan fingerprint density at radius 3 is 2.26 bits per heavy atom. The number of rotatable bonds is 3. The summed E-state index contributed by atoms with van der Waals surface area (Å²) in [6.07, 6.45) is 3.61. The second-order valence-electron chi connectivity index (χ2n) is 5.67. The van der Waals surface area contributed by atoms with E-state index >= 15 is 0 Å². The zero-order chi connectivity index (χ0) is 16.2. The van der Waals surface area contributed by atoms with Crippen LogP contribution in [0.25, 0.3) is 0 Å². The van der Waals surface area contributed by atoms with Gasteiger partial charge in [-0.1, -0.05) is 23.2 Å². The molecule has 3 nitrogen and oxygen atoms in total. The molecule has 120 valence electrons. The minimum atomic E-state index is -0.165. The van der Waals surface area contributed by atoms with Crippen molar-refractivity contribution in [1.82, 2.24) is 0 Å². The second kappa shape index (κ2) is 7.24. The van der Waals surface area contributed by atoms with E-state index in [4.69, 9.17) is 23.2 Å². The smallest absolute Gasteiger partial charge is 0.255 e. The lowest BCUT2D eigenvalue weighted by Crippen LogP contribution is -2.30. The molecular weight excluding hydrogens is 331 g/mol. The number of carbonyl (C=O) groups is 1. The monoisotopic (exact) mass is 348 g/mol. The van der Waals surface area contributed by atoms with Crippen LogP contribution in [0.2, 0.25) is 10.0 Å². The largest absolute Gasteiger partial charge is 0.370 e. The van der Waals surface area contributed by atoms with Gasteiger partial charge < -0.3 is 10.2 Å². The van der Waals surface area contributed by atoms with Crippen molar-refractivity contribution in [3.8, 4) is 0 Å². The van der Waals surface area contributed by atoms with Crippen molar-refractivity contribution in [2.45, 2.75) is 19.3 Å². The van der Waals surface area contributed by atoms with E-state index in [9.17, 15) is 4.79 Å². The maximum absolute atomic E-state index is 12.5. The van der Waals surface area contributed by atoms with Gasteiger partial charge in [0, 0.05) is 28.7 Å². The molecule has 1 heterocycles. The molecule has 0 saturated carbocycles. The lowest BCUT2D eigenvalue weighted by atomic mass is 10.1. The van der Waals surface area contributed by atoms with Crippen molar-refractivity contribution >= 4 is 40.5 Å². The van der Waals surface area contributed by atoms with Crippen LogP contribution in [0.15, 0.2) is 42.5 Å². The third-order valence-electron chi connectivity index (χ3n) is 4.01. The zero-order valence-corrected chi connectivity index (χ0v) is 14.2. The lowest BCUT2D eigenvalue weighted by molar-refractivity contribution is 0.102. The summed E-state index contributed by atoms with van der Waals surface area (Å²) in [6, 6.07) is 12.5. The maximum Gasteiger partial charge on any atom is 0.255 e. The Bertz CT molecular complexity index is 695. The fraction of sp³-hybridized carbons (Fsp3) is 0.278. The highest BCUT2D eigenvalue weighted by atomic mass is 35.5. The van der Waals surface area contributed by atoms with E-state index < -0.39 is 0 Å². The van der Waals surface area contributed by atoms with E-state index in [0.29, 0.717) is 15.6 Å². The number of piperidine rings is 1. The predicted molar refractivity (Wildman–Crippen MR) is 96.9 cm³/mol. The van der Waals surface area contributed by atoms with Gasteiger partial charge in [0.05, 0.1) is 11.4 Å². The van der Waals surface area contributed by atoms with E-state index in [0.717, 1.165) is 24.5 Å². The van der Waals surface area contributed by atoms with Crippen LogP contribution in [0, 0.1) is 0 Å². The van der Waals surface area contributed by atoms with Gasteiger partial charge in [0.15, 0.2) is 0 Å². The number of amides is 1. The molecule has 0 unspecified atom stereocenters. The minimum Gasteiger partial charge on any atom is -0.370 e. The Hall–Kier alpha value is -1.71.